The van der Waals surface area contributed by atoms with Gasteiger partial charge in [0.05, 0.1) is 10.9 Å². The molecule has 3 aromatic carbocycles. The largest absolute Gasteiger partial charge is 0.492 e. The van der Waals surface area contributed by atoms with Crippen LogP contribution in [0.1, 0.15) is 42.4 Å². The molecule has 3 aromatic rings. The molecule has 1 fully saturated rings. The molecule has 8 heteroatoms. The molecular weight excluding hydrogens is 520 g/mol. The highest BCUT2D eigenvalue weighted by Crippen LogP contribution is 2.31. The molecule has 0 saturated carbocycles. The Labute approximate surface area is 233 Å². The van der Waals surface area contributed by atoms with Gasteiger partial charge in [-0.3, -0.25) is 4.90 Å². The van der Waals surface area contributed by atoms with E-state index in [1.807, 2.05) is 67.6 Å². The predicted octanol–water partition coefficient (Wildman–Crippen LogP) is 5.82. The van der Waals surface area contributed by atoms with E-state index in [0.29, 0.717) is 18.0 Å². The first kappa shape index (κ1) is 28.4. The molecule has 0 bridgehead atoms. The summed E-state index contributed by atoms with van der Waals surface area (Å²) in [5.74, 6) is 1.58. The van der Waals surface area contributed by atoms with Gasteiger partial charge in [0.1, 0.15) is 24.8 Å². The highest BCUT2D eigenvalue weighted by atomic mass is 35.5. The fourth-order valence-electron chi connectivity index (χ4n) is 5.05. The summed E-state index contributed by atoms with van der Waals surface area (Å²) in [6.45, 7) is 5.30. The second kappa shape index (κ2) is 13.0. The average Bonchev–Trinajstić information content (AvgIpc) is 3.28. The van der Waals surface area contributed by atoms with E-state index in [1.165, 1.54) is 25.7 Å². The van der Waals surface area contributed by atoms with Crippen LogP contribution in [0.4, 0.5) is 0 Å². The number of para-hydroxylation sites is 1. The Morgan fingerprint density at radius 1 is 0.895 bits per heavy atom. The normalized spacial score (nSPS) is 18.8. The molecule has 204 valence electrons. The van der Waals surface area contributed by atoms with Crippen LogP contribution in [0.5, 0.6) is 11.5 Å². The average molecular weight is 557 g/mol. The summed E-state index contributed by atoms with van der Waals surface area (Å²) < 4.78 is 41.4. The second-order valence-electron chi connectivity index (χ2n) is 10.1. The molecule has 0 spiro atoms. The monoisotopic (exact) mass is 556 g/mol. The molecule has 0 amide bonds. The lowest BCUT2D eigenvalue weighted by molar-refractivity contribution is 0.130. The van der Waals surface area contributed by atoms with Gasteiger partial charge in [-0.2, -0.15) is 4.31 Å². The van der Waals surface area contributed by atoms with Crippen LogP contribution in [-0.4, -0.2) is 50.1 Å². The van der Waals surface area contributed by atoms with Gasteiger partial charge in [0.25, 0.3) is 0 Å². The highest BCUT2D eigenvalue weighted by molar-refractivity contribution is 7.89. The van der Waals surface area contributed by atoms with Crippen LogP contribution in [0, 0.1) is 6.92 Å². The number of sulfonamides is 1. The zero-order chi connectivity index (χ0) is 25.7. The minimum Gasteiger partial charge on any atom is -0.492 e. The van der Waals surface area contributed by atoms with E-state index in [2.05, 4.69) is 4.90 Å². The maximum Gasteiger partial charge on any atom is 0.243 e. The van der Waals surface area contributed by atoms with Crippen LogP contribution in [-0.2, 0) is 23.0 Å². The van der Waals surface area contributed by atoms with Crippen LogP contribution >= 0.6 is 12.4 Å². The van der Waals surface area contributed by atoms with Crippen molar-refractivity contribution in [3.8, 4) is 11.5 Å². The summed E-state index contributed by atoms with van der Waals surface area (Å²) in [5.41, 5.74) is 2.95. The number of likely N-dealkylation sites (tertiary alicyclic amines) is 1. The molecule has 0 aromatic heterocycles. The Hall–Kier alpha value is -2.58. The summed E-state index contributed by atoms with van der Waals surface area (Å²) in [6, 6.07) is 22.4. The number of hydrogen-bond acceptors (Lipinski definition) is 5. The van der Waals surface area contributed by atoms with Crippen molar-refractivity contribution in [2.75, 3.05) is 26.4 Å². The van der Waals surface area contributed by atoms with Crippen molar-refractivity contribution in [3.63, 3.8) is 0 Å². The van der Waals surface area contributed by atoms with Crippen molar-refractivity contribution < 1.29 is 17.9 Å². The van der Waals surface area contributed by atoms with Gasteiger partial charge in [-0.15, -0.1) is 12.4 Å². The van der Waals surface area contributed by atoms with Crippen molar-refractivity contribution >= 4 is 22.4 Å². The maximum absolute atomic E-state index is 13.8. The van der Waals surface area contributed by atoms with Gasteiger partial charge in [-0.1, -0.05) is 60.9 Å². The van der Waals surface area contributed by atoms with E-state index in [9.17, 15) is 8.42 Å². The summed E-state index contributed by atoms with van der Waals surface area (Å²) in [4.78, 5) is 2.68. The fraction of sp³-hybridized carbons (Fsp3) is 0.400. The van der Waals surface area contributed by atoms with Crippen molar-refractivity contribution in [3.05, 3.63) is 89.5 Å². The van der Waals surface area contributed by atoms with Gasteiger partial charge in [0.2, 0.25) is 10.0 Å². The van der Waals surface area contributed by atoms with Crippen molar-refractivity contribution in [1.29, 1.82) is 0 Å². The van der Waals surface area contributed by atoms with E-state index >= 15 is 0 Å². The number of benzene rings is 3. The van der Waals surface area contributed by atoms with Gasteiger partial charge in [-0.05, 0) is 62.1 Å². The molecule has 1 atom stereocenters. The molecule has 0 N–H and O–H groups in total. The summed E-state index contributed by atoms with van der Waals surface area (Å²) >= 11 is 0. The lowest BCUT2D eigenvalue weighted by Crippen LogP contribution is -2.43. The zero-order valence-electron chi connectivity index (χ0n) is 21.9. The van der Waals surface area contributed by atoms with Crippen LogP contribution < -0.4 is 9.47 Å². The third-order valence-electron chi connectivity index (χ3n) is 7.27. The minimum absolute atomic E-state index is 0. The first-order valence-electron chi connectivity index (χ1n) is 13.2. The molecule has 38 heavy (non-hydrogen) atoms. The molecule has 0 aliphatic carbocycles. The van der Waals surface area contributed by atoms with Gasteiger partial charge in [-0.25, -0.2) is 8.42 Å². The van der Waals surface area contributed by atoms with E-state index in [0.717, 1.165) is 41.3 Å². The maximum atomic E-state index is 13.8. The van der Waals surface area contributed by atoms with Gasteiger partial charge >= 0.3 is 0 Å². The van der Waals surface area contributed by atoms with Gasteiger partial charge < -0.3 is 9.47 Å². The van der Waals surface area contributed by atoms with Crippen molar-refractivity contribution in [2.45, 2.75) is 56.5 Å². The topological polar surface area (TPSA) is 59.1 Å². The third kappa shape index (κ3) is 6.89. The summed E-state index contributed by atoms with van der Waals surface area (Å²) in [7, 11) is -3.72. The van der Waals surface area contributed by atoms with Gasteiger partial charge in [0, 0.05) is 25.2 Å². The molecule has 2 heterocycles. The van der Waals surface area contributed by atoms with Crippen molar-refractivity contribution in [1.82, 2.24) is 9.21 Å². The summed E-state index contributed by atoms with van der Waals surface area (Å²) in [5, 5.41) is 0. The molecular formula is C30H37ClN2O4S. The molecule has 2 aliphatic rings. The molecule has 2 aliphatic heterocycles. The number of rotatable bonds is 7. The van der Waals surface area contributed by atoms with E-state index in [4.69, 9.17) is 9.47 Å². The van der Waals surface area contributed by atoms with Crippen LogP contribution in [0.15, 0.2) is 77.7 Å². The quantitative estimate of drug-likeness (QED) is 0.367. The van der Waals surface area contributed by atoms with Crippen LogP contribution in [0.3, 0.4) is 0 Å². The fourth-order valence-corrected chi connectivity index (χ4v) is 6.64. The predicted molar refractivity (Wildman–Crippen MR) is 153 cm³/mol. The molecule has 5 rings (SSSR count). The van der Waals surface area contributed by atoms with E-state index < -0.39 is 10.0 Å². The Balaban J connectivity index is 0.00000336. The standard InChI is InChI=1S/C30H36N2O4S.ClH/c1-24-10-16-29(17-11-24)37(33,34)32-21-26-8-4-5-9-30(26)35-22-27(32)20-25-12-14-28(15-13-25)36-23-31-18-6-2-3-7-19-31;/h4-5,8-17,27H,2-3,6-7,18-23H2,1H3;1H/t27-;/m0./s1. The van der Waals surface area contributed by atoms with E-state index in [-0.39, 0.29) is 31.6 Å². The molecule has 0 unspecified atom stereocenters. The Morgan fingerprint density at radius 2 is 1.58 bits per heavy atom. The smallest absolute Gasteiger partial charge is 0.243 e. The SMILES string of the molecule is Cc1ccc(S(=O)(=O)N2Cc3ccccc3OC[C@@H]2Cc2ccc(OCN3CCCCCC3)cc2)cc1.Cl. The first-order chi connectivity index (χ1) is 18.0. The van der Waals surface area contributed by atoms with Crippen LogP contribution in [0.2, 0.25) is 0 Å². The van der Waals surface area contributed by atoms with Crippen molar-refractivity contribution in [2.24, 2.45) is 0 Å². The number of nitrogens with zero attached hydrogens (tertiary/aromatic N) is 2. The Morgan fingerprint density at radius 3 is 2.29 bits per heavy atom. The van der Waals surface area contributed by atoms with Crippen LogP contribution in [0.25, 0.3) is 0 Å². The number of hydrogen-bond donors (Lipinski definition) is 0. The Bertz CT molecular complexity index is 1270. The first-order valence-corrected chi connectivity index (χ1v) is 14.7. The number of halogens is 1. The molecule has 1 saturated heterocycles. The van der Waals surface area contributed by atoms with E-state index in [1.54, 1.807) is 16.4 Å². The second-order valence-corrected chi connectivity index (χ2v) is 12.0. The third-order valence-corrected chi connectivity index (χ3v) is 9.18. The molecule has 0 radical (unpaired) electrons. The molecule has 6 nitrogen and oxygen atoms in total. The number of fused-ring (bicyclic) bond motifs is 1. The number of ether oxygens (including phenoxy) is 2. The highest BCUT2D eigenvalue weighted by Gasteiger charge is 2.35. The lowest BCUT2D eigenvalue weighted by atomic mass is 10.1. The van der Waals surface area contributed by atoms with Gasteiger partial charge in [0.15, 0.2) is 0 Å². The lowest BCUT2D eigenvalue weighted by Gasteiger charge is -2.28. The zero-order valence-corrected chi connectivity index (χ0v) is 23.6. The number of aryl methyl sites for hydroxylation is 1. The minimum atomic E-state index is -3.72. The Kier molecular flexibility index (Phi) is 9.71. The summed E-state index contributed by atoms with van der Waals surface area (Å²) in [6.07, 6.45) is 5.62.